The van der Waals surface area contributed by atoms with Gasteiger partial charge in [-0.2, -0.15) is 0 Å². The molecule has 32 heavy (non-hydrogen) atoms. The number of carbonyl (C=O) groups is 3. The molecule has 3 atom stereocenters. The molecular weight excluding hydrogens is 408 g/mol. The van der Waals surface area contributed by atoms with E-state index in [4.69, 9.17) is 15.2 Å². The third-order valence-electron chi connectivity index (χ3n) is 5.42. The van der Waals surface area contributed by atoms with Gasteiger partial charge in [-0.25, -0.2) is 4.79 Å². The number of ether oxygens (including phenoxy) is 2. The van der Waals surface area contributed by atoms with Crippen LogP contribution in [0.1, 0.15) is 61.5 Å². The summed E-state index contributed by atoms with van der Waals surface area (Å²) in [7, 11) is 0. The average molecular weight is 439 g/mol. The molecule has 0 fully saturated rings. The fourth-order valence-corrected chi connectivity index (χ4v) is 3.89. The lowest BCUT2D eigenvalue weighted by Crippen LogP contribution is -2.49. The van der Waals surface area contributed by atoms with Gasteiger partial charge in [0.25, 0.3) is 0 Å². The first kappa shape index (κ1) is 23.5. The first-order valence-corrected chi connectivity index (χ1v) is 10.8. The van der Waals surface area contributed by atoms with E-state index in [1.165, 1.54) is 6.92 Å². The van der Waals surface area contributed by atoms with Crippen molar-refractivity contribution in [2.24, 2.45) is 11.7 Å². The minimum Gasteiger partial charge on any atom is -0.492 e. The number of carbonyl (C=O) groups excluding carboxylic acids is 3. The lowest BCUT2D eigenvalue weighted by atomic mass is 9.88. The summed E-state index contributed by atoms with van der Waals surface area (Å²) in [5.41, 5.74) is 7.71. The number of amides is 1. The molecule has 1 unspecified atom stereocenters. The zero-order chi connectivity index (χ0) is 23.4. The van der Waals surface area contributed by atoms with E-state index in [1.54, 1.807) is 19.1 Å². The fourth-order valence-electron chi connectivity index (χ4n) is 3.89. The summed E-state index contributed by atoms with van der Waals surface area (Å²) < 4.78 is 11.5. The Labute approximate surface area is 188 Å². The second kappa shape index (κ2) is 9.96. The first-order valence-electron chi connectivity index (χ1n) is 10.8. The first-order chi connectivity index (χ1) is 15.2. The summed E-state index contributed by atoms with van der Waals surface area (Å²) in [4.78, 5) is 37.7. The summed E-state index contributed by atoms with van der Waals surface area (Å²) in [5, 5.41) is 2.66. The normalized spacial score (nSPS) is 16.6. The maximum Gasteiger partial charge on any atom is 0.334 e. The monoisotopic (exact) mass is 438 g/mol. The number of hydrogen-bond donors (Lipinski definition) is 2. The van der Waals surface area contributed by atoms with E-state index in [0.29, 0.717) is 18.6 Å². The van der Waals surface area contributed by atoms with Gasteiger partial charge in [-0.05, 0) is 43.9 Å². The molecule has 7 heteroatoms. The van der Waals surface area contributed by atoms with E-state index in [-0.39, 0.29) is 23.4 Å². The number of benzene rings is 2. The Bertz CT molecular complexity index is 1020. The largest absolute Gasteiger partial charge is 0.492 e. The number of nitrogens with one attached hydrogen (secondary N) is 1. The molecule has 0 radical (unpaired) electrons. The SMILES string of the molecule is CC(=O)c1c(OC(=O)[C@H](CC(C)C)NC(=O)C(C)N)cccc1[C@@H]1COc2ccccc21. The third-order valence-corrected chi connectivity index (χ3v) is 5.42. The van der Waals surface area contributed by atoms with Crippen LogP contribution in [0.3, 0.4) is 0 Å². The highest BCUT2D eigenvalue weighted by molar-refractivity contribution is 6.00. The number of Topliss-reactive ketones (excluding diaryl/α,β-unsaturated/α-hetero) is 1. The van der Waals surface area contributed by atoms with Gasteiger partial charge in [0.15, 0.2) is 5.78 Å². The molecule has 3 N–H and O–H groups in total. The highest BCUT2D eigenvalue weighted by atomic mass is 16.5. The predicted molar refractivity (Wildman–Crippen MR) is 121 cm³/mol. The molecule has 0 aliphatic carbocycles. The van der Waals surface area contributed by atoms with Gasteiger partial charge in [-0.15, -0.1) is 0 Å². The zero-order valence-electron chi connectivity index (χ0n) is 18.9. The quantitative estimate of drug-likeness (QED) is 0.372. The number of rotatable bonds is 8. The molecule has 0 saturated heterocycles. The second-order valence-electron chi connectivity index (χ2n) is 8.58. The number of hydrogen-bond acceptors (Lipinski definition) is 6. The lowest BCUT2D eigenvalue weighted by molar-refractivity contribution is -0.140. The molecule has 0 bridgehead atoms. The number of esters is 1. The van der Waals surface area contributed by atoms with Crippen molar-refractivity contribution >= 4 is 17.7 Å². The Morgan fingerprint density at radius 2 is 1.78 bits per heavy atom. The van der Waals surface area contributed by atoms with Gasteiger partial charge < -0.3 is 20.5 Å². The van der Waals surface area contributed by atoms with Gasteiger partial charge in [0.2, 0.25) is 5.91 Å². The Hall–Kier alpha value is -3.19. The molecule has 0 aromatic heterocycles. The smallest absolute Gasteiger partial charge is 0.334 e. The fraction of sp³-hybridized carbons (Fsp3) is 0.400. The summed E-state index contributed by atoms with van der Waals surface area (Å²) >= 11 is 0. The van der Waals surface area contributed by atoms with Crippen molar-refractivity contribution < 1.29 is 23.9 Å². The van der Waals surface area contributed by atoms with Crippen molar-refractivity contribution in [1.82, 2.24) is 5.32 Å². The minimum absolute atomic E-state index is 0.131. The van der Waals surface area contributed by atoms with Crippen LogP contribution in [0, 0.1) is 5.92 Å². The van der Waals surface area contributed by atoms with Gasteiger partial charge in [-0.3, -0.25) is 9.59 Å². The van der Waals surface area contributed by atoms with Gasteiger partial charge in [-0.1, -0.05) is 44.2 Å². The molecule has 7 nitrogen and oxygen atoms in total. The van der Waals surface area contributed by atoms with Gasteiger partial charge in [0.1, 0.15) is 17.5 Å². The van der Waals surface area contributed by atoms with Crippen LogP contribution >= 0.6 is 0 Å². The summed E-state index contributed by atoms with van der Waals surface area (Å²) in [5.74, 6) is -0.339. The van der Waals surface area contributed by atoms with Crippen LogP contribution in [0.5, 0.6) is 11.5 Å². The minimum atomic E-state index is -0.868. The lowest BCUT2D eigenvalue weighted by Gasteiger charge is -2.22. The molecule has 1 amide bonds. The standard InChI is InChI=1S/C25H30N2O5/c1-14(2)12-20(27-24(29)15(3)26)25(30)32-22-11-7-9-18(23(22)16(4)28)19-13-31-21-10-6-5-8-17(19)21/h5-11,14-15,19-20H,12-13,26H2,1-4H3,(H,27,29)/t15?,19-,20+/m1/s1. The Kier molecular flexibility index (Phi) is 7.30. The van der Waals surface area contributed by atoms with E-state index in [0.717, 1.165) is 16.9 Å². The molecule has 1 aliphatic rings. The molecule has 3 rings (SSSR count). The van der Waals surface area contributed by atoms with Crippen molar-refractivity contribution in [2.45, 2.75) is 52.1 Å². The van der Waals surface area contributed by atoms with E-state index < -0.39 is 24.0 Å². The average Bonchev–Trinajstić information content (AvgIpc) is 3.16. The summed E-state index contributed by atoms with van der Waals surface area (Å²) in [6.45, 7) is 7.28. The predicted octanol–water partition coefficient (Wildman–Crippen LogP) is 3.20. The molecule has 1 heterocycles. The Balaban J connectivity index is 1.92. The van der Waals surface area contributed by atoms with Gasteiger partial charge >= 0.3 is 5.97 Å². The van der Waals surface area contributed by atoms with Crippen molar-refractivity contribution in [1.29, 1.82) is 0 Å². The van der Waals surface area contributed by atoms with Crippen LogP contribution in [0.15, 0.2) is 42.5 Å². The van der Waals surface area contributed by atoms with Crippen LogP contribution in [-0.2, 0) is 9.59 Å². The molecule has 0 saturated carbocycles. The number of fused-ring (bicyclic) bond motifs is 1. The molecule has 0 spiro atoms. The molecule has 1 aliphatic heterocycles. The van der Waals surface area contributed by atoms with Gasteiger partial charge in [0, 0.05) is 11.5 Å². The van der Waals surface area contributed by atoms with Crippen LogP contribution in [0.25, 0.3) is 0 Å². The van der Waals surface area contributed by atoms with Crippen molar-refractivity contribution in [3.8, 4) is 11.5 Å². The summed E-state index contributed by atoms with van der Waals surface area (Å²) in [6, 6.07) is 11.3. The molecule has 170 valence electrons. The van der Waals surface area contributed by atoms with Crippen LogP contribution in [0.4, 0.5) is 0 Å². The summed E-state index contributed by atoms with van der Waals surface area (Å²) in [6.07, 6.45) is 0.385. The maximum absolute atomic E-state index is 13.0. The highest BCUT2D eigenvalue weighted by Gasteiger charge is 2.31. The van der Waals surface area contributed by atoms with E-state index in [2.05, 4.69) is 5.32 Å². The topological polar surface area (TPSA) is 108 Å². The molecular formula is C25H30N2O5. The van der Waals surface area contributed by atoms with Crippen LogP contribution in [-0.4, -0.2) is 36.4 Å². The third kappa shape index (κ3) is 5.16. The van der Waals surface area contributed by atoms with Crippen molar-refractivity contribution in [3.63, 3.8) is 0 Å². The number of nitrogens with two attached hydrogens (primary N) is 1. The highest BCUT2D eigenvalue weighted by Crippen LogP contribution is 2.41. The maximum atomic E-state index is 13.0. The van der Waals surface area contributed by atoms with Crippen LogP contribution < -0.4 is 20.5 Å². The second-order valence-corrected chi connectivity index (χ2v) is 8.58. The van der Waals surface area contributed by atoms with E-state index in [9.17, 15) is 14.4 Å². The zero-order valence-corrected chi connectivity index (χ0v) is 18.9. The molecule has 2 aromatic carbocycles. The van der Waals surface area contributed by atoms with Crippen LogP contribution in [0.2, 0.25) is 0 Å². The Morgan fingerprint density at radius 1 is 1.09 bits per heavy atom. The van der Waals surface area contributed by atoms with Gasteiger partial charge in [0.05, 0.1) is 18.2 Å². The van der Waals surface area contributed by atoms with E-state index in [1.807, 2.05) is 44.2 Å². The van der Waals surface area contributed by atoms with Crippen molar-refractivity contribution in [2.75, 3.05) is 6.61 Å². The number of ketones is 1. The van der Waals surface area contributed by atoms with Crippen molar-refractivity contribution in [3.05, 3.63) is 59.2 Å². The number of para-hydroxylation sites is 1. The molecule has 2 aromatic rings. The van der Waals surface area contributed by atoms with E-state index >= 15 is 0 Å². The Morgan fingerprint density at radius 3 is 2.44 bits per heavy atom.